The van der Waals surface area contributed by atoms with Crippen LogP contribution in [0.25, 0.3) is 5.69 Å². The van der Waals surface area contributed by atoms with Gasteiger partial charge in [0.15, 0.2) is 11.0 Å². The number of amides is 1. The molecule has 1 aromatic heterocycles. The van der Waals surface area contributed by atoms with E-state index in [1.54, 1.807) is 24.3 Å². The van der Waals surface area contributed by atoms with Crippen LogP contribution < -0.4 is 5.32 Å². The van der Waals surface area contributed by atoms with E-state index in [9.17, 15) is 4.79 Å². The number of nitrogens with zero attached hydrogens (tertiary/aromatic N) is 3. The number of rotatable bonds is 7. The van der Waals surface area contributed by atoms with E-state index in [4.69, 9.17) is 46.4 Å². The van der Waals surface area contributed by atoms with Crippen LogP contribution in [0.3, 0.4) is 0 Å². The van der Waals surface area contributed by atoms with Gasteiger partial charge in [0.25, 0.3) is 5.91 Å². The third kappa shape index (κ3) is 5.96. The monoisotopic (exact) mass is 564 g/mol. The molecule has 4 rings (SSSR count). The molecule has 10 heteroatoms. The number of thioether (sulfide) groups is 1. The van der Waals surface area contributed by atoms with Gasteiger partial charge >= 0.3 is 0 Å². The fraction of sp³-hybridized carbons (Fsp3) is 0.160. The van der Waals surface area contributed by atoms with E-state index in [-0.39, 0.29) is 5.91 Å². The number of hydrogen-bond donors (Lipinski definition) is 1. The van der Waals surface area contributed by atoms with Gasteiger partial charge in [-0.15, -0.1) is 10.2 Å². The normalized spacial score (nSPS) is 11.9. The Morgan fingerprint density at radius 1 is 0.971 bits per heavy atom. The van der Waals surface area contributed by atoms with Crippen molar-refractivity contribution in [1.29, 1.82) is 0 Å². The van der Waals surface area contributed by atoms with Crippen LogP contribution in [-0.4, -0.2) is 20.7 Å². The van der Waals surface area contributed by atoms with E-state index >= 15 is 0 Å². The van der Waals surface area contributed by atoms with E-state index in [1.165, 1.54) is 29.0 Å². The molecular formula is C25H20Cl4N4OS. The summed E-state index contributed by atoms with van der Waals surface area (Å²) in [6.07, 6.45) is 0. The topological polar surface area (TPSA) is 59.8 Å². The molecule has 0 aliphatic heterocycles. The van der Waals surface area contributed by atoms with Gasteiger partial charge in [-0.1, -0.05) is 82.4 Å². The number of nitrogens with one attached hydrogen (secondary N) is 1. The summed E-state index contributed by atoms with van der Waals surface area (Å²) in [4.78, 5) is 12.9. The van der Waals surface area contributed by atoms with Crippen LogP contribution in [0.2, 0.25) is 20.1 Å². The maximum absolute atomic E-state index is 12.9. The van der Waals surface area contributed by atoms with E-state index in [0.29, 0.717) is 48.1 Å². The zero-order chi connectivity index (χ0) is 25.1. The fourth-order valence-electron chi connectivity index (χ4n) is 3.44. The summed E-state index contributed by atoms with van der Waals surface area (Å²) in [6.45, 7) is 3.90. The Morgan fingerprint density at radius 2 is 1.74 bits per heavy atom. The molecule has 1 heterocycles. The first-order chi connectivity index (χ1) is 16.7. The van der Waals surface area contributed by atoms with E-state index in [0.717, 1.165) is 0 Å². The lowest BCUT2D eigenvalue weighted by atomic mass is 10.1. The van der Waals surface area contributed by atoms with Crippen molar-refractivity contribution in [3.63, 3.8) is 0 Å². The Bertz CT molecular complexity index is 1390. The molecule has 35 heavy (non-hydrogen) atoms. The smallest absolute Gasteiger partial charge is 0.251 e. The van der Waals surface area contributed by atoms with Gasteiger partial charge in [0.05, 0.1) is 26.8 Å². The third-order valence-corrected chi connectivity index (χ3v) is 7.60. The number of hydrogen-bond acceptors (Lipinski definition) is 4. The van der Waals surface area contributed by atoms with Crippen LogP contribution in [0.5, 0.6) is 0 Å². The molecule has 0 saturated carbocycles. The number of carbonyl (C=O) groups excluding carboxylic acids is 1. The Kier molecular flexibility index (Phi) is 8.30. The summed E-state index contributed by atoms with van der Waals surface area (Å²) in [6, 6.07) is 17.6. The zero-order valence-electron chi connectivity index (χ0n) is 18.7. The van der Waals surface area contributed by atoms with Crippen LogP contribution in [-0.2, 0) is 5.75 Å². The van der Waals surface area contributed by atoms with Crippen LogP contribution in [0.15, 0.2) is 65.8 Å². The predicted octanol–water partition coefficient (Wildman–Crippen LogP) is 7.97. The van der Waals surface area contributed by atoms with Crippen LogP contribution >= 0.6 is 58.2 Å². The number of aryl methyl sites for hydroxylation is 1. The first-order valence-corrected chi connectivity index (χ1v) is 13.1. The average Bonchev–Trinajstić information content (AvgIpc) is 3.24. The molecule has 1 atom stereocenters. The molecule has 0 spiro atoms. The maximum atomic E-state index is 12.9. The first kappa shape index (κ1) is 25.9. The van der Waals surface area contributed by atoms with Gasteiger partial charge in [-0.2, -0.15) is 0 Å². The lowest BCUT2D eigenvalue weighted by molar-refractivity contribution is 0.0938. The summed E-state index contributed by atoms with van der Waals surface area (Å²) in [5, 5.41) is 14.1. The van der Waals surface area contributed by atoms with Crippen LogP contribution in [0.4, 0.5) is 0 Å². The Labute approximate surface area is 227 Å². The second-order valence-corrected chi connectivity index (χ2v) is 10.4. The molecule has 0 aliphatic carbocycles. The van der Waals surface area contributed by atoms with Crippen molar-refractivity contribution < 1.29 is 4.79 Å². The highest BCUT2D eigenvalue weighted by Crippen LogP contribution is 2.33. The van der Waals surface area contributed by atoms with Gasteiger partial charge < -0.3 is 5.32 Å². The number of aromatic nitrogens is 3. The second-order valence-electron chi connectivity index (χ2n) is 7.81. The van der Waals surface area contributed by atoms with Crippen molar-refractivity contribution in [2.75, 3.05) is 0 Å². The molecule has 5 nitrogen and oxygen atoms in total. The SMILES string of the molecule is Cc1ccccc1CSc1nnc(C(C)NC(=O)c2ccc(Cl)c(Cl)c2)n1-c1ccc(Cl)cc1Cl. The Hall–Kier alpha value is -2.22. The Morgan fingerprint density at radius 3 is 2.46 bits per heavy atom. The quantitative estimate of drug-likeness (QED) is 0.231. The standard InChI is InChI=1S/C25H20Cl4N4OS/c1-14-5-3-4-6-17(14)13-35-25-32-31-23(33(25)22-10-8-18(26)12-21(22)29)15(2)30-24(34)16-7-9-19(27)20(28)11-16/h3-12,15H,13H2,1-2H3,(H,30,34). The summed E-state index contributed by atoms with van der Waals surface area (Å²) >= 11 is 26.3. The molecule has 1 N–H and O–H groups in total. The van der Waals surface area contributed by atoms with Gasteiger partial charge in [-0.3, -0.25) is 9.36 Å². The molecule has 0 fully saturated rings. The number of carbonyl (C=O) groups is 1. The van der Waals surface area contributed by atoms with Gasteiger partial charge in [0.1, 0.15) is 0 Å². The molecule has 4 aromatic rings. The minimum Gasteiger partial charge on any atom is -0.342 e. The van der Waals surface area contributed by atoms with Gasteiger partial charge in [-0.25, -0.2) is 0 Å². The van der Waals surface area contributed by atoms with Gasteiger partial charge in [0.2, 0.25) is 0 Å². The predicted molar refractivity (Wildman–Crippen MR) is 144 cm³/mol. The molecule has 1 unspecified atom stereocenters. The highest BCUT2D eigenvalue weighted by Gasteiger charge is 2.23. The second kappa shape index (κ2) is 11.2. The molecule has 0 radical (unpaired) electrons. The van der Waals surface area contributed by atoms with Gasteiger partial charge in [0, 0.05) is 16.3 Å². The maximum Gasteiger partial charge on any atom is 0.251 e. The van der Waals surface area contributed by atoms with Crippen LogP contribution in [0.1, 0.15) is 40.3 Å². The lowest BCUT2D eigenvalue weighted by Crippen LogP contribution is -2.28. The molecule has 0 bridgehead atoms. The molecule has 0 saturated heterocycles. The molecule has 3 aromatic carbocycles. The minimum absolute atomic E-state index is 0.304. The Balaban J connectivity index is 1.67. The van der Waals surface area contributed by atoms with Crippen molar-refractivity contribution in [2.24, 2.45) is 0 Å². The lowest BCUT2D eigenvalue weighted by Gasteiger charge is -2.17. The van der Waals surface area contributed by atoms with Crippen molar-refractivity contribution in [1.82, 2.24) is 20.1 Å². The summed E-state index contributed by atoms with van der Waals surface area (Å²) < 4.78 is 1.85. The molecule has 1 amide bonds. The zero-order valence-corrected chi connectivity index (χ0v) is 22.6. The van der Waals surface area contributed by atoms with Crippen LogP contribution in [0, 0.1) is 6.92 Å². The van der Waals surface area contributed by atoms with Crippen molar-refractivity contribution in [2.45, 2.75) is 30.8 Å². The first-order valence-electron chi connectivity index (χ1n) is 10.6. The molecule has 0 aliphatic rings. The van der Waals surface area contributed by atoms with E-state index in [2.05, 4.69) is 34.6 Å². The largest absolute Gasteiger partial charge is 0.342 e. The van der Waals surface area contributed by atoms with Crippen molar-refractivity contribution in [3.8, 4) is 5.69 Å². The molecular weight excluding hydrogens is 546 g/mol. The van der Waals surface area contributed by atoms with Crippen molar-refractivity contribution >= 4 is 64.1 Å². The van der Waals surface area contributed by atoms with E-state index < -0.39 is 6.04 Å². The molecule has 180 valence electrons. The highest BCUT2D eigenvalue weighted by molar-refractivity contribution is 7.98. The van der Waals surface area contributed by atoms with Crippen molar-refractivity contribution in [3.05, 3.63) is 103 Å². The van der Waals surface area contributed by atoms with Gasteiger partial charge in [-0.05, 0) is 61.4 Å². The average molecular weight is 566 g/mol. The summed E-state index contributed by atoms with van der Waals surface area (Å²) in [7, 11) is 0. The fourth-order valence-corrected chi connectivity index (χ4v) is 5.26. The number of benzene rings is 3. The summed E-state index contributed by atoms with van der Waals surface area (Å²) in [5.41, 5.74) is 3.44. The number of halogens is 4. The van der Waals surface area contributed by atoms with E-state index in [1.807, 2.05) is 29.7 Å². The minimum atomic E-state index is -0.496. The summed E-state index contributed by atoms with van der Waals surface area (Å²) in [5.74, 6) is 0.900. The highest BCUT2D eigenvalue weighted by atomic mass is 35.5. The third-order valence-electron chi connectivity index (χ3n) is 5.34.